The number of benzene rings is 2. The van der Waals surface area contributed by atoms with E-state index in [1.165, 1.54) is 0 Å². The number of rotatable bonds is 5. The van der Waals surface area contributed by atoms with Gasteiger partial charge in [0.2, 0.25) is 0 Å². The van der Waals surface area contributed by atoms with Crippen LogP contribution in [0.5, 0.6) is 0 Å². The third-order valence-corrected chi connectivity index (χ3v) is 8.73. The summed E-state index contributed by atoms with van der Waals surface area (Å²) in [5, 5.41) is 3.61. The molecule has 4 rings (SSSR count). The van der Waals surface area contributed by atoms with Gasteiger partial charge in [0.1, 0.15) is 11.6 Å². The Balaban J connectivity index is 0.000000299. The summed E-state index contributed by atoms with van der Waals surface area (Å²) in [5.41, 5.74) is 14.2. The molecule has 268 valence electrons. The highest BCUT2D eigenvalue weighted by molar-refractivity contribution is 9.10. The van der Waals surface area contributed by atoms with Gasteiger partial charge >= 0.3 is 6.03 Å². The first-order valence-corrected chi connectivity index (χ1v) is 16.8. The maximum atomic E-state index is 14.0. The molecule has 0 spiro atoms. The lowest BCUT2D eigenvalue weighted by atomic mass is 10.1. The number of aromatic nitrogens is 2. The van der Waals surface area contributed by atoms with E-state index in [1.807, 2.05) is 32.2 Å². The molecule has 0 aliphatic heterocycles. The molecular weight excluding hydrogens is 835 g/mol. The molecule has 0 atom stereocenters. The second-order valence-corrected chi connectivity index (χ2v) is 13.5. The Kier molecular flexibility index (Phi) is 15.6. The van der Waals surface area contributed by atoms with Gasteiger partial charge in [-0.15, -0.1) is 0 Å². The van der Waals surface area contributed by atoms with Crippen molar-refractivity contribution in [1.82, 2.24) is 15.3 Å². The number of primary amides is 1. The van der Waals surface area contributed by atoms with Crippen molar-refractivity contribution in [3.8, 4) is 0 Å². The van der Waals surface area contributed by atoms with Crippen LogP contribution in [-0.4, -0.2) is 27.8 Å². The van der Waals surface area contributed by atoms with Crippen LogP contribution in [0.1, 0.15) is 82.8 Å². The van der Waals surface area contributed by atoms with Crippen molar-refractivity contribution >= 4 is 84.3 Å². The summed E-state index contributed by atoms with van der Waals surface area (Å²) in [4.78, 5) is 43.4. The van der Waals surface area contributed by atoms with Crippen molar-refractivity contribution in [2.45, 2.75) is 53.4 Å². The van der Waals surface area contributed by atoms with Crippen molar-refractivity contribution in [2.24, 2.45) is 5.73 Å². The van der Waals surface area contributed by atoms with Crippen LogP contribution in [0.25, 0.3) is 0 Å². The molecule has 9 nitrogen and oxygen atoms in total. The minimum atomic E-state index is -1.12. The molecule has 0 unspecified atom stereocenters. The topological polar surface area (TPSA) is 153 Å². The van der Waals surface area contributed by atoms with Crippen LogP contribution in [0.3, 0.4) is 0 Å². The Morgan fingerprint density at radius 2 is 1.22 bits per heavy atom. The minimum Gasteiger partial charge on any atom is -0.397 e. The number of amides is 4. The van der Waals surface area contributed by atoms with E-state index in [0.29, 0.717) is 29.4 Å². The fraction of sp³-hybridized carbons (Fsp3) is 0.242. The number of nitrogen functional groups attached to an aromatic ring is 1. The molecule has 4 aromatic rings. The van der Waals surface area contributed by atoms with E-state index in [0.717, 1.165) is 22.5 Å². The van der Waals surface area contributed by atoms with Crippen molar-refractivity contribution in [2.75, 3.05) is 11.1 Å². The van der Waals surface area contributed by atoms with E-state index in [2.05, 4.69) is 61.0 Å². The average Bonchev–Trinajstić information content (AvgIpc) is 3.01. The molecule has 50 heavy (non-hydrogen) atoms. The molecule has 17 heteroatoms. The molecule has 0 aliphatic carbocycles. The predicted octanol–water partition coefficient (Wildman–Crippen LogP) is 9.74. The van der Waals surface area contributed by atoms with Gasteiger partial charge in [-0.2, -0.15) is 0 Å². The van der Waals surface area contributed by atoms with Crippen LogP contribution in [0.2, 0.25) is 10.0 Å². The second-order valence-electron chi connectivity index (χ2n) is 11.1. The molecule has 2 heterocycles. The van der Waals surface area contributed by atoms with Crippen LogP contribution in [0.15, 0.2) is 45.6 Å². The molecule has 0 radical (unpaired) electrons. The molecule has 0 aliphatic rings. The summed E-state index contributed by atoms with van der Waals surface area (Å²) < 4.78 is 52.9. The zero-order valence-corrected chi connectivity index (χ0v) is 32.1. The fourth-order valence-corrected chi connectivity index (χ4v) is 5.90. The molecule has 0 fully saturated rings. The molecule has 4 amide bonds. The monoisotopic (exact) mass is 864 g/mol. The largest absolute Gasteiger partial charge is 0.397 e. The smallest absolute Gasteiger partial charge is 0.326 e. The van der Waals surface area contributed by atoms with Crippen LogP contribution >= 0.6 is 55.1 Å². The molecular formula is C33H32Br2Cl2F4N6O3. The first-order chi connectivity index (χ1) is 23.2. The van der Waals surface area contributed by atoms with Crippen LogP contribution in [-0.2, 0) is 0 Å². The van der Waals surface area contributed by atoms with Gasteiger partial charge < -0.3 is 16.8 Å². The number of hydrogen-bond acceptors (Lipinski definition) is 6. The van der Waals surface area contributed by atoms with Gasteiger partial charge in [0.05, 0.1) is 52.9 Å². The highest BCUT2D eigenvalue weighted by atomic mass is 79.9. The summed E-state index contributed by atoms with van der Waals surface area (Å²) >= 11 is 16.3. The lowest BCUT2D eigenvalue weighted by Crippen LogP contribution is -2.35. The number of hydrogen-bond donors (Lipinski definition) is 4. The van der Waals surface area contributed by atoms with E-state index in [4.69, 9.17) is 34.7 Å². The standard InChI is InChI=1S/C17H15BrClF2N3O2.C9H14N2.C7H3BrClF2NO/c1-7(2)14-15(8(3)4-5-22-14)23-17(26)24-16(25)11-10(20)6-9(19)13(21)12(11)18;1-6(2)9-8(10)7(3)4-5-11-9;8-5-4(7(12)13)3(10)1-2(9)6(5)11/h4-7H,1-3H3,(H2,23,24,25,26);4-6H,10H2,1-3H3;1H,(H2,12,13). The quantitative estimate of drug-likeness (QED) is 0.0891. The van der Waals surface area contributed by atoms with E-state index in [9.17, 15) is 31.9 Å². The number of imide groups is 1. The second kappa shape index (κ2) is 18.4. The number of carbonyl (C=O) groups is 3. The van der Waals surface area contributed by atoms with Crippen molar-refractivity contribution in [1.29, 1.82) is 0 Å². The molecule has 0 saturated carbocycles. The van der Waals surface area contributed by atoms with Gasteiger partial charge in [-0.3, -0.25) is 24.9 Å². The van der Waals surface area contributed by atoms with E-state index in [-0.39, 0.29) is 10.4 Å². The summed E-state index contributed by atoms with van der Waals surface area (Å²) in [6, 6.07) is 4.10. The van der Waals surface area contributed by atoms with Gasteiger partial charge in [0.15, 0.2) is 11.6 Å². The summed E-state index contributed by atoms with van der Waals surface area (Å²) in [5.74, 6) is -5.65. The van der Waals surface area contributed by atoms with Crippen molar-refractivity contribution < 1.29 is 31.9 Å². The van der Waals surface area contributed by atoms with Crippen LogP contribution in [0.4, 0.5) is 33.7 Å². The zero-order chi connectivity index (χ0) is 38.2. The SMILES string of the molecule is Cc1ccnc(C(C)C)c1N.Cc1ccnc(C(C)C)c1NC(=O)NC(=O)c1c(F)cc(Cl)c(F)c1Br.NC(=O)c1c(F)cc(Cl)c(F)c1Br. The Labute approximate surface area is 312 Å². The number of aryl methyl sites for hydroxylation is 2. The number of anilines is 2. The van der Waals surface area contributed by atoms with Crippen LogP contribution < -0.4 is 22.1 Å². The number of nitrogens with two attached hydrogens (primary N) is 2. The third kappa shape index (κ3) is 10.6. The lowest BCUT2D eigenvalue weighted by molar-refractivity contribution is 0.0959. The Bertz CT molecular complexity index is 1930. The molecule has 2 aromatic carbocycles. The Morgan fingerprint density at radius 3 is 1.68 bits per heavy atom. The van der Waals surface area contributed by atoms with Gasteiger partial charge in [-0.25, -0.2) is 22.4 Å². The van der Waals surface area contributed by atoms with E-state index >= 15 is 0 Å². The molecule has 6 N–H and O–H groups in total. The highest BCUT2D eigenvalue weighted by Crippen LogP contribution is 2.31. The summed E-state index contributed by atoms with van der Waals surface area (Å²) in [6.07, 6.45) is 3.42. The minimum absolute atomic E-state index is 0.0258. The van der Waals surface area contributed by atoms with Gasteiger partial charge in [-0.05, 0) is 92.9 Å². The molecule has 0 saturated heterocycles. The number of carbonyl (C=O) groups excluding carboxylic acids is 3. The molecule has 0 bridgehead atoms. The van der Waals surface area contributed by atoms with Crippen LogP contribution in [0, 0.1) is 37.1 Å². The normalized spacial score (nSPS) is 10.6. The van der Waals surface area contributed by atoms with Gasteiger partial charge in [0.25, 0.3) is 11.8 Å². The zero-order valence-electron chi connectivity index (χ0n) is 27.4. The van der Waals surface area contributed by atoms with Crippen molar-refractivity contribution in [3.63, 3.8) is 0 Å². The predicted molar refractivity (Wildman–Crippen MR) is 194 cm³/mol. The van der Waals surface area contributed by atoms with Gasteiger partial charge in [0, 0.05) is 12.4 Å². The van der Waals surface area contributed by atoms with E-state index < -0.39 is 66.8 Å². The first-order valence-electron chi connectivity index (χ1n) is 14.5. The average molecular weight is 867 g/mol. The molecule has 2 aromatic heterocycles. The van der Waals surface area contributed by atoms with E-state index in [1.54, 1.807) is 25.4 Å². The Hall–Kier alpha value is -3.79. The number of halogens is 8. The maximum Gasteiger partial charge on any atom is 0.326 e. The lowest BCUT2D eigenvalue weighted by Gasteiger charge is -2.15. The van der Waals surface area contributed by atoms with Crippen molar-refractivity contribution in [3.05, 3.63) is 113 Å². The van der Waals surface area contributed by atoms with Gasteiger partial charge in [-0.1, -0.05) is 50.9 Å². The number of urea groups is 1. The Morgan fingerprint density at radius 1 is 0.780 bits per heavy atom. The summed E-state index contributed by atoms with van der Waals surface area (Å²) in [7, 11) is 0. The first kappa shape index (κ1) is 42.4. The maximum absolute atomic E-state index is 14.0. The summed E-state index contributed by atoms with van der Waals surface area (Å²) in [6.45, 7) is 11.8. The number of nitrogens with zero attached hydrogens (tertiary/aromatic N) is 2. The number of nitrogens with one attached hydrogen (secondary N) is 2. The highest BCUT2D eigenvalue weighted by Gasteiger charge is 2.24. The number of pyridine rings is 2. The third-order valence-electron chi connectivity index (χ3n) is 6.69. The fourth-order valence-electron chi connectivity index (χ4n) is 4.11.